The minimum absolute atomic E-state index is 0.0132. The van der Waals surface area contributed by atoms with E-state index in [4.69, 9.17) is 0 Å². The Morgan fingerprint density at radius 3 is 2.30 bits per heavy atom. The van der Waals surface area contributed by atoms with Crippen molar-refractivity contribution in [1.29, 1.82) is 0 Å². The molecule has 5 heteroatoms. The summed E-state index contributed by atoms with van der Waals surface area (Å²) in [5, 5.41) is -0.378. The summed E-state index contributed by atoms with van der Waals surface area (Å²) in [7, 11) is -2.98. The van der Waals surface area contributed by atoms with Crippen LogP contribution < -0.4 is 0 Å². The summed E-state index contributed by atoms with van der Waals surface area (Å²) in [6.07, 6.45) is 0.0132. The average molecular weight is 182 g/mol. The summed E-state index contributed by atoms with van der Waals surface area (Å²) in [4.78, 5) is 10.2. The van der Waals surface area contributed by atoms with Crippen molar-refractivity contribution < 1.29 is 13.2 Å². The smallest absolute Gasteiger partial charge is 0.186 e. The molecule has 60 valence electrons. The number of sulfone groups is 1. The lowest BCUT2D eigenvalue weighted by molar-refractivity contribution is -0.110. The monoisotopic (exact) mass is 182 g/mol. The topological polar surface area (TPSA) is 51.2 Å². The van der Waals surface area contributed by atoms with Crippen LogP contribution >= 0.6 is 12.6 Å². The fraction of sp³-hybridized carbons (Fsp3) is 0.800. The second-order valence-electron chi connectivity index (χ2n) is 1.88. The van der Waals surface area contributed by atoms with Gasteiger partial charge in [-0.3, -0.25) is 4.79 Å². The van der Waals surface area contributed by atoms with Gasteiger partial charge in [0.2, 0.25) is 0 Å². The Balaban J connectivity index is 3.81. The van der Waals surface area contributed by atoms with E-state index in [2.05, 4.69) is 12.6 Å². The van der Waals surface area contributed by atoms with Crippen molar-refractivity contribution in [3.63, 3.8) is 0 Å². The quantitative estimate of drug-likeness (QED) is 0.635. The molecular formula is C5H10O3S2. The Bertz CT molecular complexity index is 205. The molecule has 0 heterocycles. The lowest BCUT2D eigenvalue weighted by Crippen LogP contribution is -2.10. The Hall–Kier alpha value is -0.0300. The molecule has 10 heavy (non-hydrogen) atoms. The number of hydrogen-bond acceptors (Lipinski definition) is 3. The minimum Gasteiger partial charge on any atom is -0.287 e. The molecule has 0 spiro atoms. The summed E-state index contributed by atoms with van der Waals surface area (Å²) < 4.78 is 21.4. The Morgan fingerprint density at radius 2 is 2.00 bits per heavy atom. The van der Waals surface area contributed by atoms with E-state index in [1.165, 1.54) is 0 Å². The standard InChI is InChI=1S/C5H10O3S2/c1-2-10(7,8)4-3-5(6)9/h2-4H2,1H3,(H,6,9). The first kappa shape index (κ1) is 9.97. The second-order valence-corrected chi connectivity index (χ2v) is 4.85. The fourth-order valence-corrected chi connectivity index (χ4v) is 1.44. The van der Waals surface area contributed by atoms with Crippen LogP contribution in [0.1, 0.15) is 13.3 Å². The third kappa shape index (κ3) is 4.81. The summed E-state index contributed by atoms with van der Waals surface area (Å²) in [5.74, 6) is 0.0138. The molecule has 0 atom stereocenters. The van der Waals surface area contributed by atoms with Gasteiger partial charge in [-0.15, -0.1) is 12.6 Å². The van der Waals surface area contributed by atoms with Crippen molar-refractivity contribution in [2.24, 2.45) is 0 Å². The van der Waals surface area contributed by atoms with Crippen LogP contribution in [0.2, 0.25) is 0 Å². The molecule has 0 aromatic carbocycles. The Labute approximate surface area is 66.1 Å². The van der Waals surface area contributed by atoms with E-state index in [9.17, 15) is 13.2 Å². The molecule has 0 aliphatic rings. The van der Waals surface area contributed by atoms with Crippen LogP contribution in [0.5, 0.6) is 0 Å². The van der Waals surface area contributed by atoms with Gasteiger partial charge in [0.05, 0.1) is 5.75 Å². The van der Waals surface area contributed by atoms with E-state index in [0.717, 1.165) is 0 Å². The molecule has 0 aromatic rings. The maximum absolute atomic E-state index is 10.7. The molecule has 0 unspecified atom stereocenters. The highest BCUT2D eigenvalue weighted by Crippen LogP contribution is 1.95. The summed E-state index contributed by atoms with van der Waals surface area (Å²) >= 11 is 3.45. The lowest BCUT2D eigenvalue weighted by Gasteiger charge is -1.95. The van der Waals surface area contributed by atoms with E-state index >= 15 is 0 Å². The number of rotatable bonds is 4. The van der Waals surface area contributed by atoms with E-state index in [1.807, 2.05) is 0 Å². The van der Waals surface area contributed by atoms with Crippen molar-refractivity contribution >= 4 is 27.6 Å². The Morgan fingerprint density at radius 1 is 1.50 bits per heavy atom. The van der Waals surface area contributed by atoms with Crippen LogP contribution in [-0.2, 0) is 14.6 Å². The van der Waals surface area contributed by atoms with Crippen LogP contribution in [0.4, 0.5) is 0 Å². The second kappa shape index (κ2) is 3.98. The molecule has 0 aromatic heterocycles. The zero-order valence-electron chi connectivity index (χ0n) is 5.70. The molecule has 0 radical (unpaired) electrons. The fourth-order valence-electron chi connectivity index (χ4n) is 0.387. The van der Waals surface area contributed by atoms with Crippen LogP contribution in [0.15, 0.2) is 0 Å². The first-order valence-electron chi connectivity index (χ1n) is 2.90. The van der Waals surface area contributed by atoms with Crippen molar-refractivity contribution in [3.05, 3.63) is 0 Å². The Kier molecular flexibility index (Phi) is 3.96. The largest absolute Gasteiger partial charge is 0.287 e. The molecular weight excluding hydrogens is 172 g/mol. The average Bonchev–Trinajstić information content (AvgIpc) is 1.85. The predicted molar refractivity (Wildman–Crippen MR) is 42.9 cm³/mol. The van der Waals surface area contributed by atoms with E-state index in [-0.39, 0.29) is 23.0 Å². The van der Waals surface area contributed by atoms with Gasteiger partial charge >= 0.3 is 0 Å². The minimum atomic E-state index is -2.98. The molecule has 0 saturated carbocycles. The van der Waals surface area contributed by atoms with Crippen LogP contribution in [0.3, 0.4) is 0 Å². The van der Waals surface area contributed by atoms with Gasteiger partial charge in [-0.1, -0.05) is 6.92 Å². The van der Waals surface area contributed by atoms with Gasteiger partial charge in [0.1, 0.15) is 0 Å². The maximum Gasteiger partial charge on any atom is 0.186 e. The van der Waals surface area contributed by atoms with E-state index < -0.39 is 9.84 Å². The molecule has 0 rings (SSSR count). The van der Waals surface area contributed by atoms with Crippen LogP contribution in [0, 0.1) is 0 Å². The SMILES string of the molecule is CCS(=O)(=O)CCC(=O)S. The predicted octanol–water partition coefficient (Wildman–Crippen LogP) is 0.268. The number of carbonyl (C=O) groups is 1. The highest BCUT2D eigenvalue weighted by molar-refractivity contribution is 7.96. The molecule has 0 bridgehead atoms. The summed E-state index contributed by atoms with van der Waals surface area (Å²) in [6, 6.07) is 0. The number of carbonyl (C=O) groups excluding carboxylic acids is 1. The van der Waals surface area contributed by atoms with Gasteiger partial charge in [0.15, 0.2) is 15.0 Å². The zero-order valence-corrected chi connectivity index (χ0v) is 7.41. The zero-order chi connectivity index (χ0) is 8.20. The third-order valence-electron chi connectivity index (χ3n) is 1.07. The van der Waals surface area contributed by atoms with Gasteiger partial charge in [-0.2, -0.15) is 0 Å². The first-order valence-corrected chi connectivity index (χ1v) is 5.17. The highest BCUT2D eigenvalue weighted by atomic mass is 32.2. The molecule has 0 saturated heterocycles. The van der Waals surface area contributed by atoms with Crippen molar-refractivity contribution in [3.8, 4) is 0 Å². The molecule has 0 aliphatic heterocycles. The number of thiol groups is 1. The molecule has 0 N–H and O–H groups in total. The van der Waals surface area contributed by atoms with Gasteiger partial charge in [0, 0.05) is 12.2 Å². The summed E-state index contributed by atoms with van der Waals surface area (Å²) in [6.45, 7) is 1.55. The van der Waals surface area contributed by atoms with Gasteiger partial charge in [-0.25, -0.2) is 8.42 Å². The lowest BCUT2D eigenvalue weighted by atomic mass is 10.5. The van der Waals surface area contributed by atoms with Gasteiger partial charge in [-0.05, 0) is 0 Å². The molecule has 0 aliphatic carbocycles. The van der Waals surface area contributed by atoms with Crippen molar-refractivity contribution in [2.75, 3.05) is 11.5 Å². The highest BCUT2D eigenvalue weighted by Gasteiger charge is 2.08. The third-order valence-corrected chi connectivity index (χ3v) is 3.00. The van der Waals surface area contributed by atoms with E-state index in [0.29, 0.717) is 0 Å². The molecule has 0 amide bonds. The van der Waals surface area contributed by atoms with Crippen LogP contribution in [0.25, 0.3) is 0 Å². The molecule has 0 fully saturated rings. The van der Waals surface area contributed by atoms with Crippen LogP contribution in [-0.4, -0.2) is 25.0 Å². The van der Waals surface area contributed by atoms with Crippen molar-refractivity contribution in [2.45, 2.75) is 13.3 Å². The van der Waals surface area contributed by atoms with Gasteiger partial charge < -0.3 is 0 Å². The number of hydrogen-bond donors (Lipinski definition) is 1. The normalized spacial score (nSPS) is 11.4. The van der Waals surface area contributed by atoms with Crippen molar-refractivity contribution in [1.82, 2.24) is 0 Å². The van der Waals surface area contributed by atoms with Gasteiger partial charge in [0.25, 0.3) is 0 Å². The maximum atomic E-state index is 10.7. The van der Waals surface area contributed by atoms with E-state index in [1.54, 1.807) is 6.92 Å². The summed E-state index contributed by atoms with van der Waals surface area (Å²) in [5.41, 5.74) is 0. The first-order chi connectivity index (χ1) is 4.48. The molecule has 3 nitrogen and oxygen atoms in total.